The van der Waals surface area contributed by atoms with Crippen molar-refractivity contribution in [3.63, 3.8) is 0 Å². The van der Waals surface area contributed by atoms with E-state index in [9.17, 15) is 9.18 Å². The predicted molar refractivity (Wildman–Crippen MR) is 193 cm³/mol. The van der Waals surface area contributed by atoms with Crippen LogP contribution in [0.25, 0.3) is 32.9 Å². The van der Waals surface area contributed by atoms with Crippen molar-refractivity contribution in [2.24, 2.45) is 5.41 Å². The van der Waals surface area contributed by atoms with Gasteiger partial charge in [0.25, 0.3) is 0 Å². The van der Waals surface area contributed by atoms with Crippen LogP contribution >= 0.6 is 0 Å². The van der Waals surface area contributed by atoms with E-state index in [2.05, 4.69) is 20.4 Å². The highest BCUT2D eigenvalue weighted by atomic mass is 19.1. The van der Waals surface area contributed by atoms with Crippen LogP contribution in [-0.4, -0.2) is 90.0 Å². The highest BCUT2D eigenvalue weighted by Crippen LogP contribution is 2.49. The Morgan fingerprint density at radius 3 is 2.77 bits per heavy atom. The third kappa shape index (κ3) is 5.90. The summed E-state index contributed by atoms with van der Waals surface area (Å²) in [5, 5.41) is 7.51. The number of hydrogen-bond donors (Lipinski definition) is 2. The summed E-state index contributed by atoms with van der Waals surface area (Å²) in [4.78, 5) is 31.3. The second-order valence-corrected chi connectivity index (χ2v) is 15.3. The molecule has 2 aromatic carbocycles. The minimum Gasteiger partial charge on any atom is -0.472 e. The van der Waals surface area contributed by atoms with Gasteiger partial charge in [0.05, 0.1) is 19.0 Å². The molecule has 4 aliphatic heterocycles. The summed E-state index contributed by atoms with van der Waals surface area (Å²) >= 11 is 0. The van der Waals surface area contributed by atoms with E-state index >= 15 is 8.78 Å². The van der Waals surface area contributed by atoms with Gasteiger partial charge in [-0.1, -0.05) is 13.0 Å². The summed E-state index contributed by atoms with van der Waals surface area (Å²) in [7, 11) is 1.44. The lowest BCUT2D eigenvalue weighted by Gasteiger charge is -2.42. The molecule has 14 heteroatoms. The van der Waals surface area contributed by atoms with Crippen LogP contribution in [0.4, 0.5) is 23.8 Å². The third-order valence-corrected chi connectivity index (χ3v) is 11.7. The summed E-state index contributed by atoms with van der Waals surface area (Å²) in [6, 6.07) is 6.36. The van der Waals surface area contributed by atoms with Crippen LogP contribution in [0.5, 0.6) is 17.6 Å². The Kier molecular flexibility index (Phi) is 8.37. The van der Waals surface area contributed by atoms with E-state index < -0.39 is 17.7 Å². The lowest BCUT2D eigenvalue weighted by atomic mass is 9.94. The molecule has 1 aliphatic carbocycles. The Labute approximate surface area is 304 Å². The molecule has 0 unspecified atom stereocenters. The number of halogens is 3. The highest BCUT2D eigenvalue weighted by molar-refractivity contribution is 6.03. The fourth-order valence-corrected chi connectivity index (χ4v) is 8.96. The number of carbonyl (C=O) groups excluding carboxylic acids is 1. The van der Waals surface area contributed by atoms with Gasteiger partial charge in [0.1, 0.15) is 40.1 Å². The molecule has 2 bridgehead atoms. The van der Waals surface area contributed by atoms with E-state index in [1.807, 2.05) is 13.8 Å². The maximum absolute atomic E-state index is 17.5. The molecule has 3 saturated heterocycles. The number of amides is 1. The van der Waals surface area contributed by atoms with E-state index in [0.717, 1.165) is 50.8 Å². The second-order valence-electron chi connectivity index (χ2n) is 15.3. The van der Waals surface area contributed by atoms with Crippen molar-refractivity contribution in [3.8, 4) is 28.9 Å². The number of ether oxygens (including phenoxy) is 3. The lowest BCUT2D eigenvalue weighted by Crippen LogP contribution is -2.62. The molecule has 0 radical (unpaired) electrons. The number of hydrogen-bond acceptors (Lipinski definition) is 10. The van der Waals surface area contributed by atoms with Gasteiger partial charge in [-0.25, -0.2) is 22.9 Å². The number of benzene rings is 2. The first kappa shape index (κ1) is 34.1. The average Bonchev–Trinajstić information content (AvgIpc) is 3.64. The van der Waals surface area contributed by atoms with Crippen LogP contribution in [0.15, 0.2) is 36.2 Å². The monoisotopic (exact) mass is 729 g/mol. The van der Waals surface area contributed by atoms with Gasteiger partial charge >= 0.3 is 12.1 Å². The predicted octanol–water partition coefficient (Wildman–Crippen LogP) is 6.21. The normalized spacial score (nSPS) is 25.0. The second kappa shape index (κ2) is 13.0. The van der Waals surface area contributed by atoms with Crippen LogP contribution in [0.2, 0.25) is 0 Å². The number of rotatable bonds is 8. The van der Waals surface area contributed by atoms with E-state index in [-0.39, 0.29) is 64.1 Å². The Balaban J connectivity index is 1.20. The van der Waals surface area contributed by atoms with Gasteiger partial charge in [-0.05, 0) is 85.6 Å². The van der Waals surface area contributed by atoms with Crippen molar-refractivity contribution in [2.45, 2.75) is 76.6 Å². The molecular formula is C39H42F3N7O4. The first-order valence-electron chi connectivity index (χ1n) is 18.6. The van der Waals surface area contributed by atoms with Crippen LogP contribution in [0.3, 0.4) is 0 Å². The van der Waals surface area contributed by atoms with Crippen LogP contribution in [0.1, 0.15) is 51.5 Å². The van der Waals surface area contributed by atoms with Gasteiger partial charge < -0.3 is 29.7 Å². The van der Waals surface area contributed by atoms with Gasteiger partial charge in [-0.3, -0.25) is 4.90 Å². The van der Waals surface area contributed by atoms with E-state index in [1.54, 1.807) is 12.1 Å². The van der Waals surface area contributed by atoms with Crippen molar-refractivity contribution >= 4 is 33.6 Å². The van der Waals surface area contributed by atoms with Crippen molar-refractivity contribution in [3.05, 3.63) is 53.4 Å². The quantitative estimate of drug-likeness (QED) is 0.217. The number of fused-ring (bicyclic) bond motifs is 6. The number of piperazine rings is 1. The SMILES string of the molecule is CCc1c(F)ccc2cc(OC(=O)NC)cc(-c3nc4c5c(nc(OCC6(CN7CC/C(=C/F)C7)CC6)nc5c3F)N3C[C@H]5CC[C@H](N5)[C@H]3[C@H](C)O4)c12. The number of aromatic nitrogens is 3. The van der Waals surface area contributed by atoms with Crippen molar-refractivity contribution in [1.29, 1.82) is 0 Å². The summed E-state index contributed by atoms with van der Waals surface area (Å²) in [6.45, 7) is 6.98. The number of carbonyl (C=O) groups is 1. The molecule has 278 valence electrons. The average molecular weight is 730 g/mol. The first-order chi connectivity index (χ1) is 25.7. The molecule has 5 aliphatic rings. The summed E-state index contributed by atoms with van der Waals surface area (Å²) in [5.41, 5.74) is 1.15. The van der Waals surface area contributed by atoms with E-state index in [1.165, 1.54) is 19.2 Å². The fraction of sp³-hybridized carbons (Fsp3) is 0.487. The molecule has 6 heterocycles. The van der Waals surface area contributed by atoms with Gasteiger partial charge in [0.2, 0.25) is 5.88 Å². The standard InChI is InChI=1S/C39H42F3N7O4/c1-4-25-27(41)7-5-22-13-24(53-38(50)43-3)14-26(29(22)25)32-31(42)33-30-35(49-17-23-6-8-28(44-23)34(49)20(2)52-36(30)45-32)47-37(46-33)51-19-39(10-11-39)18-48-12-9-21(15-40)16-48/h5,7,13-15,20,23,28,34,44H,4,6,8-12,16-19H2,1-3H3,(H,43,50)/b21-15-/t20-,23+,28-,34+/m0/s1. The fourth-order valence-electron chi connectivity index (χ4n) is 8.96. The maximum Gasteiger partial charge on any atom is 0.412 e. The van der Waals surface area contributed by atoms with Crippen LogP contribution in [-0.2, 0) is 6.42 Å². The van der Waals surface area contributed by atoms with Crippen LogP contribution < -0.4 is 29.7 Å². The molecule has 1 amide bonds. The molecular weight excluding hydrogens is 687 g/mol. The maximum atomic E-state index is 17.5. The Hall–Kier alpha value is -4.69. The zero-order valence-electron chi connectivity index (χ0n) is 30.0. The Morgan fingerprint density at radius 1 is 1.17 bits per heavy atom. The Morgan fingerprint density at radius 2 is 2.02 bits per heavy atom. The molecule has 11 nitrogen and oxygen atoms in total. The first-order valence-corrected chi connectivity index (χ1v) is 18.6. The van der Waals surface area contributed by atoms with E-state index in [0.29, 0.717) is 60.0 Å². The van der Waals surface area contributed by atoms with Crippen molar-refractivity contribution in [1.82, 2.24) is 30.5 Å². The summed E-state index contributed by atoms with van der Waals surface area (Å²) in [6.07, 6.45) is 4.58. The molecule has 53 heavy (non-hydrogen) atoms. The third-order valence-electron chi connectivity index (χ3n) is 11.7. The number of nitrogens with one attached hydrogen (secondary N) is 2. The van der Waals surface area contributed by atoms with Gasteiger partial charge in [0, 0.05) is 56.3 Å². The van der Waals surface area contributed by atoms with Crippen molar-refractivity contribution in [2.75, 3.05) is 44.7 Å². The largest absolute Gasteiger partial charge is 0.472 e. The zero-order valence-corrected chi connectivity index (χ0v) is 30.0. The number of pyridine rings is 1. The molecule has 4 fully saturated rings. The molecule has 2 N–H and O–H groups in total. The molecule has 4 atom stereocenters. The Bertz CT molecular complexity index is 2180. The summed E-state index contributed by atoms with van der Waals surface area (Å²) in [5.74, 6) is -0.381. The van der Waals surface area contributed by atoms with Gasteiger partial charge in [0.15, 0.2) is 5.82 Å². The molecule has 9 rings (SSSR count). The van der Waals surface area contributed by atoms with Gasteiger partial charge in [-0.15, -0.1) is 0 Å². The summed E-state index contributed by atoms with van der Waals surface area (Å²) < 4.78 is 64.6. The topological polar surface area (TPSA) is 114 Å². The minimum atomic E-state index is -0.751. The molecule has 0 spiro atoms. The zero-order chi connectivity index (χ0) is 36.6. The highest BCUT2D eigenvalue weighted by Gasteiger charge is 2.48. The number of aryl methyl sites for hydroxylation is 1. The van der Waals surface area contributed by atoms with Gasteiger partial charge in [-0.2, -0.15) is 9.97 Å². The minimum absolute atomic E-state index is 0.0222. The number of nitrogens with zero attached hydrogens (tertiary/aromatic N) is 5. The number of anilines is 1. The van der Waals surface area contributed by atoms with Crippen LogP contribution in [0, 0.1) is 17.0 Å². The smallest absolute Gasteiger partial charge is 0.412 e. The molecule has 4 aromatic rings. The molecule has 2 aromatic heterocycles. The van der Waals surface area contributed by atoms with Crippen molar-refractivity contribution < 1.29 is 32.2 Å². The molecule has 1 saturated carbocycles. The number of likely N-dealkylation sites (tertiary alicyclic amines) is 1. The van der Waals surface area contributed by atoms with E-state index in [4.69, 9.17) is 29.2 Å². The lowest BCUT2D eigenvalue weighted by molar-refractivity contribution is 0.154.